The first kappa shape index (κ1) is 9.62. The molecular formula is C7H5BrIOP. The van der Waals surface area contributed by atoms with E-state index in [2.05, 4.69) is 47.8 Å². The maximum absolute atomic E-state index is 11.0. The molecule has 0 fully saturated rings. The smallest absolute Gasteiger partial charge is 0.179 e. The van der Waals surface area contributed by atoms with Crippen molar-refractivity contribution in [1.82, 2.24) is 0 Å². The number of benzene rings is 1. The lowest BCUT2D eigenvalue weighted by atomic mass is 10.2. The topological polar surface area (TPSA) is 17.1 Å². The molecule has 1 aromatic rings. The number of halogens is 2. The summed E-state index contributed by atoms with van der Waals surface area (Å²) >= 11 is 5.44. The molecule has 0 bridgehead atoms. The highest BCUT2D eigenvalue weighted by Crippen LogP contribution is 2.20. The van der Waals surface area contributed by atoms with Gasteiger partial charge in [0, 0.05) is 13.6 Å². The fraction of sp³-hybridized carbons (Fsp3) is 0. The third-order valence-corrected chi connectivity index (χ3v) is 2.94. The molecule has 0 aromatic heterocycles. The van der Waals surface area contributed by atoms with Crippen molar-refractivity contribution in [3.05, 3.63) is 31.8 Å². The van der Waals surface area contributed by atoms with Crippen LogP contribution in [0.15, 0.2) is 22.7 Å². The van der Waals surface area contributed by atoms with Crippen molar-refractivity contribution in [2.24, 2.45) is 0 Å². The zero-order valence-electron chi connectivity index (χ0n) is 5.47. The first-order valence-electron chi connectivity index (χ1n) is 2.86. The van der Waals surface area contributed by atoms with Crippen molar-refractivity contribution in [1.29, 1.82) is 0 Å². The Bertz CT molecular complexity index is 300. The maximum atomic E-state index is 11.0. The van der Waals surface area contributed by atoms with E-state index in [4.69, 9.17) is 0 Å². The molecule has 1 aromatic carbocycles. The molecule has 4 heteroatoms. The van der Waals surface area contributed by atoms with Crippen LogP contribution in [0.4, 0.5) is 0 Å². The van der Waals surface area contributed by atoms with Gasteiger partial charge in [0.15, 0.2) is 5.52 Å². The molecular weight excluding hydrogens is 338 g/mol. The van der Waals surface area contributed by atoms with Gasteiger partial charge in [-0.15, -0.1) is 0 Å². The first-order chi connectivity index (χ1) is 5.11. The van der Waals surface area contributed by atoms with Gasteiger partial charge in [0.1, 0.15) is 0 Å². The molecule has 1 nitrogen and oxygen atoms in total. The molecule has 0 N–H and O–H groups in total. The Morgan fingerprint density at radius 2 is 2.18 bits per heavy atom. The molecule has 0 heterocycles. The van der Waals surface area contributed by atoms with E-state index in [1.54, 1.807) is 0 Å². The standard InChI is InChI=1S/C7H5BrIOP/c8-4-1-2-6(9)5(3-4)7(10)11/h1-3H,11H2. The van der Waals surface area contributed by atoms with Gasteiger partial charge in [0.25, 0.3) is 0 Å². The summed E-state index contributed by atoms with van der Waals surface area (Å²) in [4.78, 5) is 11.0. The summed E-state index contributed by atoms with van der Waals surface area (Å²) in [5.41, 5.74) is 0.765. The minimum absolute atomic E-state index is 0.0238. The molecule has 0 aliphatic carbocycles. The van der Waals surface area contributed by atoms with E-state index in [-0.39, 0.29) is 5.52 Å². The summed E-state index contributed by atoms with van der Waals surface area (Å²) in [6.45, 7) is 0. The molecule has 0 saturated carbocycles. The quantitative estimate of drug-likeness (QED) is 0.566. The van der Waals surface area contributed by atoms with Gasteiger partial charge in [-0.1, -0.05) is 25.2 Å². The summed E-state index contributed by atoms with van der Waals surface area (Å²) in [7, 11) is 2.16. The van der Waals surface area contributed by atoms with Gasteiger partial charge in [-0.3, -0.25) is 4.79 Å². The van der Waals surface area contributed by atoms with Crippen LogP contribution >= 0.6 is 47.8 Å². The number of carbonyl (C=O) groups is 1. The van der Waals surface area contributed by atoms with Crippen LogP contribution in [0.1, 0.15) is 10.4 Å². The fourth-order valence-corrected chi connectivity index (χ4v) is 2.18. The summed E-state index contributed by atoms with van der Waals surface area (Å²) in [6.07, 6.45) is 0. The summed E-state index contributed by atoms with van der Waals surface area (Å²) in [5, 5.41) is 0. The molecule has 0 amide bonds. The van der Waals surface area contributed by atoms with Crippen LogP contribution in [0.5, 0.6) is 0 Å². The normalized spacial score (nSPS) is 9.73. The lowest BCUT2D eigenvalue weighted by Crippen LogP contribution is -1.91. The fourth-order valence-electron chi connectivity index (χ4n) is 0.686. The van der Waals surface area contributed by atoms with E-state index in [0.29, 0.717) is 0 Å². The van der Waals surface area contributed by atoms with Crippen LogP contribution in [0.25, 0.3) is 0 Å². The monoisotopic (exact) mass is 342 g/mol. The Morgan fingerprint density at radius 1 is 1.55 bits per heavy atom. The molecule has 58 valence electrons. The van der Waals surface area contributed by atoms with Crippen molar-refractivity contribution in [3.63, 3.8) is 0 Å². The lowest BCUT2D eigenvalue weighted by molar-refractivity contribution is 0.108. The number of hydrogen-bond acceptors (Lipinski definition) is 1. The second-order valence-electron chi connectivity index (χ2n) is 1.99. The molecule has 1 unspecified atom stereocenters. The summed E-state index contributed by atoms with van der Waals surface area (Å²) < 4.78 is 1.91. The Kier molecular flexibility index (Phi) is 3.47. The molecule has 1 atom stereocenters. The largest absolute Gasteiger partial charge is 0.290 e. The second kappa shape index (κ2) is 3.97. The third kappa shape index (κ3) is 2.49. The van der Waals surface area contributed by atoms with Crippen LogP contribution in [0.3, 0.4) is 0 Å². The third-order valence-electron chi connectivity index (χ3n) is 1.19. The van der Waals surface area contributed by atoms with Crippen LogP contribution in [0.2, 0.25) is 0 Å². The number of carbonyl (C=O) groups excluding carboxylic acids is 1. The number of rotatable bonds is 1. The van der Waals surface area contributed by atoms with E-state index in [9.17, 15) is 4.79 Å². The Balaban J connectivity index is 3.23. The zero-order chi connectivity index (χ0) is 8.43. The SMILES string of the molecule is O=C(P)c1cc(Br)ccc1I. The van der Waals surface area contributed by atoms with Gasteiger partial charge in [-0.05, 0) is 40.8 Å². The Hall–Kier alpha value is 0.530. The van der Waals surface area contributed by atoms with Gasteiger partial charge in [0.2, 0.25) is 0 Å². The predicted molar refractivity (Wildman–Crippen MR) is 60.9 cm³/mol. The van der Waals surface area contributed by atoms with Crippen molar-refractivity contribution in [2.45, 2.75) is 0 Å². The van der Waals surface area contributed by atoms with Crippen LogP contribution in [-0.4, -0.2) is 5.52 Å². The Morgan fingerprint density at radius 3 is 2.64 bits per heavy atom. The molecule has 1 rings (SSSR count). The molecule has 0 radical (unpaired) electrons. The highest BCUT2D eigenvalue weighted by atomic mass is 127. The van der Waals surface area contributed by atoms with Crippen molar-refractivity contribution >= 4 is 53.3 Å². The molecule has 0 spiro atoms. The highest BCUT2D eigenvalue weighted by Gasteiger charge is 2.04. The average molecular weight is 343 g/mol. The zero-order valence-corrected chi connectivity index (χ0v) is 10.4. The number of hydrogen-bond donors (Lipinski definition) is 0. The molecule has 11 heavy (non-hydrogen) atoms. The van der Waals surface area contributed by atoms with Crippen molar-refractivity contribution < 1.29 is 4.79 Å². The van der Waals surface area contributed by atoms with E-state index >= 15 is 0 Å². The predicted octanol–water partition coefficient (Wildman–Crippen LogP) is 3.07. The molecule has 0 aliphatic heterocycles. The van der Waals surface area contributed by atoms with Crippen molar-refractivity contribution in [2.75, 3.05) is 0 Å². The lowest BCUT2D eigenvalue weighted by Gasteiger charge is -1.99. The van der Waals surface area contributed by atoms with Gasteiger partial charge < -0.3 is 0 Å². The maximum Gasteiger partial charge on any atom is 0.179 e. The second-order valence-corrected chi connectivity index (χ2v) is 4.59. The minimum atomic E-state index is 0.0238. The average Bonchev–Trinajstić information content (AvgIpc) is 1.94. The van der Waals surface area contributed by atoms with Crippen LogP contribution in [-0.2, 0) is 0 Å². The van der Waals surface area contributed by atoms with E-state index in [1.807, 2.05) is 18.2 Å². The first-order valence-corrected chi connectivity index (χ1v) is 5.31. The van der Waals surface area contributed by atoms with E-state index in [0.717, 1.165) is 13.6 Å². The minimum Gasteiger partial charge on any atom is -0.290 e. The molecule has 0 saturated heterocycles. The Labute approximate surface area is 89.4 Å². The van der Waals surface area contributed by atoms with Crippen LogP contribution < -0.4 is 0 Å². The summed E-state index contributed by atoms with van der Waals surface area (Å²) in [6, 6.07) is 5.64. The van der Waals surface area contributed by atoms with Gasteiger partial charge >= 0.3 is 0 Å². The van der Waals surface area contributed by atoms with Crippen LogP contribution in [0, 0.1) is 3.57 Å². The molecule has 0 aliphatic rings. The van der Waals surface area contributed by atoms with Gasteiger partial charge in [-0.25, -0.2) is 0 Å². The van der Waals surface area contributed by atoms with E-state index < -0.39 is 0 Å². The van der Waals surface area contributed by atoms with Crippen molar-refractivity contribution in [3.8, 4) is 0 Å². The van der Waals surface area contributed by atoms with E-state index in [1.165, 1.54) is 0 Å². The van der Waals surface area contributed by atoms with Gasteiger partial charge in [-0.2, -0.15) is 0 Å². The summed E-state index contributed by atoms with van der Waals surface area (Å²) in [5.74, 6) is 0. The highest BCUT2D eigenvalue weighted by molar-refractivity contribution is 14.1. The van der Waals surface area contributed by atoms with Gasteiger partial charge in [0.05, 0.1) is 0 Å².